The lowest BCUT2D eigenvalue weighted by atomic mass is 9.89. The molecule has 138 valence electrons. The molecule has 0 unspecified atom stereocenters. The van der Waals surface area contributed by atoms with Gasteiger partial charge in [0.05, 0.1) is 6.04 Å². The standard InChI is InChI=1S/C21H19Cl2N3S/c1-26-11-15(10-13-2-6-16(22)7-3-13)20-18(12-26)19(24-21(27)25-20)14-4-8-17(23)9-5-14/h2-10,19H,11-12H2,1H3,(H2,24,25,27)/b15-10+/t19-/m0/s1. The molecule has 0 radical (unpaired) electrons. The van der Waals surface area contributed by atoms with E-state index in [1.165, 1.54) is 11.1 Å². The Hall–Kier alpha value is -1.85. The third-order valence-corrected chi connectivity index (χ3v) is 5.52. The van der Waals surface area contributed by atoms with E-state index >= 15 is 0 Å². The molecule has 0 amide bonds. The molecule has 0 bridgehead atoms. The van der Waals surface area contributed by atoms with Crippen molar-refractivity contribution < 1.29 is 0 Å². The van der Waals surface area contributed by atoms with E-state index < -0.39 is 0 Å². The number of halogens is 2. The lowest BCUT2D eigenvalue weighted by Gasteiger charge is -2.39. The van der Waals surface area contributed by atoms with E-state index in [2.05, 4.69) is 40.8 Å². The van der Waals surface area contributed by atoms with E-state index in [-0.39, 0.29) is 6.04 Å². The minimum Gasteiger partial charge on any atom is -0.352 e. The van der Waals surface area contributed by atoms with Crippen molar-refractivity contribution in [1.29, 1.82) is 0 Å². The number of thiocarbonyl (C=S) groups is 1. The zero-order valence-corrected chi connectivity index (χ0v) is 17.1. The van der Waals surface area contributed by atoms with Gasteiger partial charge < -0.3 is 10.6 Å². The molecule has 0 spiro atoms. The van der Waals surface area contributed by atoms with Gasteiger partial charge in [-0.3, -0.25) is 4.90 Å². The van der Waals surface area contributed by atoms with Gasteiger partial charge in [-0.1, -0.05) is 47.5 Å². The highest BCUT2D eigenvalue weighted by atomic mass is 35.5. The van der Waals surface area contributed by atoms with Crippen LogP contribution >= 0.6 is 35.4 Å². The van der Waals surface area contributed by atoms with Gasteiger partial charge in [0.2, 0.25) is 0 Å². The predicted octanol–water partition coefficient (Wildman–Crippen LogP) is 4.80. The fourth-order valence-corrected chi connectivity index (χ4v) is 4.06. The lowest BCUT2D eigenvalue weighted by molar-refractivity contribution is 0.364. The van der Waals surface area contributed by atoms with Gasteiger partial charge in [-0.15, -0.1) is 0 Å². The van der Waals surface area contributed by atoms with E-state index in [0.29, 0.717) is 5.11 Å². The summed E-state index contributed by atoms with van der Waals surface area (Å²) >= 11 is 17.6. The molecular formula is C21H19Cl2N3S. The van der Waals surface area contributed by atoms with Crippen molar-refractivity contribution in [2.75, 3.05) is 20.1 Å². The molecule has 6 heteroatoms. The minimum absolute atomic E-state index is 0.0300. The van der Waals surface area contributed by atoms with Crippen molar-refractivity contribution in [3.63, 3.8) is 0 Å². The maximum atomic E-state index is 6.07. The molecule has 0 saturated carbocycles. The maximum Gasteiger partial charge on any atom is 0.171 e. The lowest BCUT2D eigenvalue weighted by Crippen LogP contribution is -2.49. The van der Waals surface area contributed by atoms with Crippen LogP contribution in [0.25, 0.3) is 6.08 Å². The molecule has 2 aromatic carbocycles. The summed E-state index contributed by atoms with van der Waals surface area (Å²) in [5, 5.41) is 8.90. The molecule has 2 heterocycles. The van der Waals surface area contributed by atoms with Gasteiger partial charge in [-0.05, 0) is 71.9 Å². The zero-order valence-electron chi connectivity index (χ0n) is 14.8. The summed E-state index contributed by atoms with van der Waals surface area (Å²) in [6.45, 7) is 1.72. The highest BCUT2D eigenvalue weighted by Gasteiger charge is 2.32. The van der Waals surface area contributed by atoms with Crippen LogP contribution < -0.4 is 10.6 Å². The first-order valence-corrected chi connectivity index (χ1v) is 9.87. The third-order valence-electron chi connectivity index (χ3n) is 4.80. The van der Waals surface area contributed by atoms with Crippen LogP contribution in [-0.2, 0) is 0 Å². The third kappa shape index (κ3) is 4.04. The molecular weight excluding hydrogens is 397 g/mol. The van der Waals surface area contributed by atoms with E-state index in [1.54, 1.807) is 0 Å². The Kier molecular flexibility index (Phi) is 5.24. The van der Waals surface area contributed by atoms with Gasteiger partial charge in [-0.2, -0.15) is 0 Å². The summed E-state index contributed by atoms with van der Waals surface area (Å²) in [5.74, 6) is 0. The molecule has 0 saturated heterocycles. The van der Waals surface area contributed by atoms with Crippen molar-refractivity contribution in [3.05, 3.63) is 86.5 Å². The van der Waals surface area contributed by atoms with Crippen LogP contribution in [-0.4, -0.2) is 30.1 Å². The average molecular weight is 416 g/mol. The van der Waals surface area contributed by atoms with Crippen molar-refractivity contribution in [3.8, 4) is 0 Å². The average Bonchev–Trinajstić information content (AvgIpc) is 2.64. The van der Waals surface area contributed by atoms with Crippen molar-refractivity contribution in [2.24, 2.45) is 0 Å². The van der Waals surface area contributed by atoms with Gasteiger partial charge in [0.15, 0.2) is 5.11 Å². The molecule has 2 N–H and O–H groups in total. The Bertz CT molecular complexity index is 933. The molecule has 0 aliphatic carbocycles. The minimum atomic E-state index is 0.0300. The first-order chi connectivity index (χ1) is 13.0. The predicted molar refractivity (Wildman–Crippen MR) is 117 cm³/mol. The normalized spacial score (nSPS) is 21.7. The number of likely N-dealkylation sites (N-methyl/N-ethyl adjacent to an activating group) is 1. The number of rotatable bonds is 2. The zero-order chi connectivity index (χ0) is 19.0. The Morgan fingerprint density at radius 3 is 2.30 bits per heavy atom. The van der Waals surface area contributed by atoms with Crippen LogP contribution in [0.4, 0.5) is 0 Å². The van der Waals surface area contributed by atoms with Crippen molar-refractivity contribution >= 4 is 46.6 Å². The fourth-order valence-electron chi connectivity index (χ4n) is 3.58. The van der Waals surface area contributed by atoms with Crippen molar-refractivity contribution in [1.82, 2.24) is 15.5 Å². The summed E-state index contributed by atoms with van der Waals surface area (Å²) in [6, 6.07) is 15.8. The van der Waals surface area contributed by atoms with Crippen LogP contribution in [0, 0.1) is 0 Å². The molecule has 2 aromatic rings. The maximum absolute atomic E-state index is 6.07. The second-order valence-electron chi connectivity index (χ2n) is 6.88. The van der Waals surface area contributed by atoms with Crippen LogP contribution in [0.5, 0.6) is 0 Å². The summed E-state index contributed by atoms with van der Waals surface area (Å²) in [5.41, 5.74) is 5.87. The summed E-state index contributed by atoms with van der Waals surface area (Å²) in [4.78, 5) is 2.31. The molecule has 4 rings (SSSR count). The van der Waals surface area contributed by atoms with Gasteiger partial charge in [-0.25, -0.2) is 0 Å². The number of nitrogens with one attached hydrogen (secondary N) is 2. The highest BCUT2D eigenvalue weighted by Crippen LogP contribution is 2.34. The molecule has 1 atom stereocenters. The van der Waals surface area contributed by atoms with Gasteiger partial charge >= 0.3 is 0 Å². The Balaban J connectivity index is 1.78. The smallest absolute Gasteiger partial charge is 0.171 e. The Labute approximate surface area is 174 Å². The second-order valence-corrected chi connectivity index (χ2v) is 8.16. The second kappa shape index (κ2) is 7.64. The monoisotopic (exact) mass is 415 g/mol. The van der Waals surface area contributed by atoms with Crippen LogP contribution in [0.1, 0.15) is 17.2 Å². The van der Waals surface area contributed by atoms with E-state index in [1.807, 2.05) is 36.4 Å². The van der Waals surface area contributed by atoms with Crippen molar-refractivity contribution in [2.45, 2.75) is 6.04 Å². The molecule has 2 aliphatic rings. The largest absolute Gasteiger partial charge is 0.352 e. The summed E-state index contributed by atoms with van der Waals surface area (Å²) < 4.78 is 0. The molecule has 3 nitrogen and oxygen atoms in total. The van der Waals surface area contributed by atoms with Crippen LogP contribution in [0.2, 0.25) is 10.0 Å². The van der Waals surface area contributed by atoms with E-state index in [0.717, 1.165) is 40.0 Å². The van der Waals surface area contributed by atoms with E-state index in [4.69, 9.17) is 35.4 Å². The topological polar surface area (TPSA) is 27.3 Å². The number of hydrogen-bond donors (Lipinski definition) is 2. The number of benzene rings is 2. The quantitative estimate of drug-likeness (QED) is 0.689. The molecule has 27 heavy (non-hydrogen) atoms. The molecule has 0 fully saturated rings. The highest BCUT2D eigenvalue weighted by molar-refractivity contribution is 7.80. The summed E-state index contributed by atoms with van der Waals surface area (Å²) in [6.07, 6.45) is 2.20. The number of hydrogen-bond acceptors (Lipinski definition) is 2. The Morgan fingerprint density at radius 1 is 1.00 bits per heavy atom. The number of nitrogens with zero attached hydrogens (tertiary/aromatic N) is 1. The SMILES string of the molecule is CN1CC2=C(NC(=S)N[C@H]2c2ccc(Cl)cc2)/C(=C/c2ccc(Cl)cc2)C1. The first kappa shape index (κ1) is 18.5. The van der Waals surface area contributed by atoms with E-state index in [9.17, 15) is 0 Å². The van der Waals surface area contributed by atoms with Gasteiger partial charge in [0.25, 0.3) is 0 Å². The molecule has 2 aliphatic heterocycles. The Morgan fingerprint density at radius 2 is 1.63 bits per heavy atom. The fraction of sp³-hybridized carbons (Fsp3) is 0.190. The molecule has 0 aromatic heterocycles. The van der Waals surface area contributed by atoms with Crippen LogP contribution in [0.3, 0.4) is 0 Å². The first-order valence-electron chi connectivity index (χ1n) is 8.70. The van der Waals surface area contributed by atoms with Gasteiger partial charge in [0, 0.05) is 28.8 Å². The van der Waals surface area contributed by atoms with Gasteiger partial charge in [0.1, 0.15) is 0 Å². The van der Waals surface area contributed by atoms with Crippen LogP contribution in [0.15, 0.2) is 65.4 Å². The summed E-state index contributed by atoms with van der Waals surface area (Å²) in [7, 11) is 2.13.